The van der Waals surface area contributed by atoms with E-state index in [-0.39, 0.29) is 6.42 Å². The van der Waals surface area contributed by atoms with Gasteiger partial charge in [0, 0.05) is 6.54 Å². The molecule has 2 atom stereocenters. The molecule has 0 aromatic rings. The Morgan fingerprint density at radius 1 is 1.50 bits per heavy atom. The Kier molecular flexibility index (Phi) is 4.15. The summed E-state index contributed by atoms with van der Waals surface area (Å²) in [5, 5.41) is 8.83. The molecule has 104 valence electrons. The first-order chi connectivity index (χ1) is 8.15. The smallest absolute Gasteiger partial charge is 0.411 e. The second kappa shape index (κ2) is 4.96. The predicted molar refractivity (Wildman–Crippen MR) is 67.9 cm³/mol. The third kappa shape index (κ3) is 2.55. The van der Waals surface area contributed by atoms with Crippen LogP contribution in [-0.2, 0) is 9.53 Å². The third-order valence-electron chi connectivity index (χ3n) is 3.13. The Balaban J connectivity index is 3.01. The number of nitrogens with zero attached hydrogens (tertiary/aromatic N) is 1. The fourth-order valence-corrected chi connectivity index (χ4v) is 2.70. The van der Waals surface area contributed by atoms with Gasteiger partial charge in [-0.15, -0.1) is 11.6 Å². The van der Waals surface area contributed by atoms with E-state index in [0.29, 0.717) is 13.0 Å². The van der Waals surface area contributed by atoms with Crippen molar-refractivity contribution in [3.05, 3.63) is 0 Å². The Hall–Kier alpha value is -0.970. The number of ether oxygens (including phenoxy) is 1. The lowest BCUT2D eigenvalue weighted by molar-refractivity contribution is -0.149. The second-order valence-corrected chi connectivity index (χ2v) is 6.00. The summed E-state index contributed by atoms with van der Waals surface area (Å²) in [5.41, 5.74) is -2.01. The molecule has 0 bridgehead atoms. The predicted octanol–water partition coefficient (Wildman–Crippen LogP) is 2.47. The van der Waals surface area contributed by atoms with Gasteiger partial charge in [0.15, 0.2) is 5.54 Å². The van der Waals surface area contributed by atoms with E-state index < -0.39 is 28.6 Å². The van der Waals surface area contributed by atoms with E-state index in [0.717, 1.165) is 0 Å². The lowest BCUT2D eigenvalue weighted by Crippen LogP contribution is -2.57. The number of alkyl halides is 1. The van der Waals surface area contributed by atoms with Gasteiger partial charge < -0.3 is 9.84 Å². The summed E-state index contributed by atoms with van der Waals surface area (Å²) in [4.78, 5) is 24.8. The fraction of sp³-hybridized carbons (Fsp3) is 0.833. The number of rotatable bonds is 2. The average Bonchev–Trinajstić information content (AvgIpc) is 2.53. The summed E-state index contributed by atoms with van der Waals surface area (Å²) in [7, 11) is 0. The van der Waals surface area contributed by atoms with E-state index in [1.165, 1.54) is 4.90 Å². The molecule has 1 fully saturated rings. The summed E-state index contributed by atoms with van der Waals surface area (Å²) < 4.78 is 5.24. The van der Waals surface area contributed by atoms with Crippen LogP contribution in [-0.4, -0.2) is 45.1 Å². The van der Waals surface area contributed by atoms with Crippen LogP contribution in [0.5, 0.6) is 0 Å². The zero-order valence-corrected chi connectivity index (χ0v) is 12.0. The van der Waals surface area contributed by atoms with E-state index in [9.17, 15) is 14.7 Å². The molecule has 1 aliphatic heterocycles. The van der Waals surface area contributed by atoms with Crippen LogP contribution in [0.3, 0.4) is 0 Å². The first kappa shape index (κ1) is 15.1. The molecule has 6 heteroatoms. The summed E-state index contributed by atoms with van der Waals surface area (Å²) in [5.74, 6) is -1.08. The Labute approximate surface area is 112 Å². The van der Waals surface area contributed by atoms with E-state index in [4.69, 9.17) is 16.3 Å². The molecule has 1 rings (SSSR count). The van der Waals surface area contributed by atoms with Crippen LogP contribution < -0.4 is 0 Å². The summed E-state index contributed by atoms with van der Waals surface area (Å²) in [6, 6.07) is 0. The van der Waals surface area contributed by atoms with Crippen molar-refractivity contribution in [3.8, 4) is 0 Å². The van der Waals surface area contributed by atoms with Gasteiger partial charge in [0.1, 0.15) is 5.60 Å². The molecule has 0 saturated carbocycles. The van der Waals surface area contributed by atoms with Crippen LogP contribution in [0, 0.1) is 0 Å². The molecule has 0 spiro atoms. The molecule has 1 aliphatic rings. The van der Waals surface area contributed by atoms with E-state index in [1.54, 1.807) is 27.7 Å². The normalized spacial score (nSPS) is 28.3. The van der Waals surface area contributed by atoms with Crippen LogP contribution in [0.25, 0.3) is 0 Å². The third-order valence-corrected chi connectivity index (χ3v) is 3.71. The zero-order chi connectivity index (χ0) is 14.1. The van der Waals surface area contributed by atoms with Crippen molar-refractivity contribution in [2.45, 2.75) is 57.1 Å². The van der Waals surface area contributed by atoms with Crippen molar-refractivity contribution < 1.29 is 19.4 Å². The minimum Gasteiger partial charge on any atom is -0.479 e. The van der Waals surface area contributed by atoms with Gasteiger partial charge in [-0.2, -0.15) is 0 Å². The Morgan fingerprint density at radius 2 is 2.06 bits per heavy atom. The van der Waals surface area contributed by atoms with Crippen LogP contribution in [0.1, 0.15) is 40.5 Å². The topological polar surface area (TPSA) is 66.8 Å². The SMILES string of the molecule is CCC1(C(=O)O)C(Cl)CCN1C(=O)OC(C)(C)C. The molecule has 5 nitrogen and oxygen atoms in total. The van der Waals surface area contributed by atoms with Gasteiger partial charge in [0.2, 0.25) is 0 Å². The zero-order valence-electron chi connectivity index (χ0n) is 11.2. The molecule has 2 unspecified atom stereocenters. The maximum Gasteiger partial charge on any atom is 0.411 e. The number of hydrogen-bond acceptors (Lipinski definition) is 3. The number of hydrogen-bond donors (Lipinski definition) is 1. The maximum atomic E-state index is 12.1. The number of carbonyl (C=O) groups is 2. The monoisotopic (exact) mass is 277 g/mol. The molecule has 1 saturated heterocycles. The first-order valence-corrected chi connectivity index (χ1v) is 6.47. The van der Waals surface area contributed by atoms with Crippen molar-refractivity contribution in [1.29, 1.82) is 0 Å². The molecule has 0 aliphatic carbocycles. The van der Waals surface area contributed by atoms with E-state index in [2.05, 4.69) is 0 Å². The fourth-order valence-electron chi connectivity index (χ4n) is 2.23. The lowest BCUT2D eigenvalue weighted by Gasteiger charge is -2.36. The molecule has 0 aromatic heterocycles. The largest absolute Gasteiger partial charge is 0.479 e. The van der Waals surface area contributed by atoms with Crippen molar-refractivity contribution in [2.24, 2.45) is 0 Å². The van der Waals surface area contributed by atoms with E-state index >= 15 is 0 Å². The van der Waals surface area contributed by atoms with Gasteiger partial charge in [0.05, 0.1) is 5.38 Å². The number of aliphatic carboxylic acids is 1. The summed E-state index contributed by atoms with van der Waals surface area (Å²) >= 11 is 6.11. The van der Waals surface area contributed by atoms with Crippen molar-refractivity contribution >= 4 is 23.7 Å². The number of carboxylic acids is 1. The lowest BCUT2D eigenvalue weighted by atomic mass is 9.93. The number of carboxylic acid groups (broad SMARTS) is 1. The van der Waals surface area contributed by atoms with Gasteiger partial charge >= 0.3 is 12.1 Å². The van der Waals surface area contributed by atoms with Crippen molar-refractivity contribution in [3.63, 3.8) is 0 Å². The second-order valence-electron chi connectivity index (χ2n) is 5.47. The highest BCUT2D eigenvalue weighted by atomic mass is 35.5. The summed E-state index contributed by atoms with van der Waals surface area (Å²) in [6.45, 7) is 7.25. The van der Waals surface area contributed by atoms with Gasteiger partial charge in [-0.3, -0.25) is 4.90 Å². The van der Waals surface area contributed by atoms with Crippen molar-refractivity contribution in [2.75, 3.05) is 6.54 Å². The van der Waals surface area contributed by atoms with E-state index in [1.807, 2.05) is 0 Å². The highest BCUT2D eigenvalue weighted by Crippen LogP contribution is 2.37. The number of amides is 1. The summed E-state index contributed by atoms with van der Waals surface area (Å²) in [6.07, 6.45) is 0.103. The molecule has 1 N–H and O–H groups in total. The van der Waals surface area contributed by atoms with Gasteiger partial charge in [-0.25, -0.2) is 9.59 Å². The molecule has 1 heterocycles. The van der Waals surface area contributed by atoms with Crippen LogP contribution in [0.15, 0.2) is 0 Å². The number of likely N-dealkylation sites (tertiary alicyclic amines) is 1. The van der Waals surface area contributed by atoms with Gasteiger partial charge in [-0.1, -0.05) is 6.92 Å². The molecular formula is C12H20ClNO4. The number of halogens is 1. The van der Waals surface area contributed by atoms with Crippen LogP contribution in [0.4, 0.5) is 4.79 Å². The molecule has 0 aromatic carbocycles. The molecule has 1 amide bonds. The quantitative estimate of drug-likeness (QED) is 0.788. The molecular weight excluding hydrogens is 258 g/mol. The standard InChI is InChI=1S/C12H20ClNO4/c1-5-12(9(15)16)8(13)6-7-14(12)10(17)18-11(2,3)4/h8H,5-7H2,1-4H3,(H,15,16). The first-order valence-electron chi connectivity index (χ1n) is 6.03. The van der Waals surface area contributed by atoms with Crippen LogP contribution >= 0.6 is 11.6 Å². The average molecular weight is 278 g/mol. The van der Waals surface area contributed by atoms with Crippen LogP contribution in [0.2, 0.25) is 0 Å². The minimum absolute atomic E-state index is 0.260. The minimum atomic E-state index is -1.36. The van der Waals surface area contributed by atoms with Gasteiger partial charge in [-0.05, 0) is 33.6 Å². The highest BCUT2D eigenvalue weighted by Gasteiger charge is 2.56. The number of carbonyl (C=O) groups excluding carboxylic acids is 1. The Bertz CT molecular complexity index is 352. The molecule has 0 radical (unpaired) electrons. The van der Waals surface area contributed by atoms with Crippen molar-refractivity contribution in [1.82, 2.24) is 4.90 Å². The maximum absolute atomic E-state index is 12.1. The van der Waals surface area contributed by atoms with Gasteiger partial charge in [0.25, 0.3) is 0 Å². The Morgan fingerprint density at radius 3 is 2.44 bits per heavy atom. The highest BCUT2D eigenvalue weighted by molar-refractivity contribution is 6.23. The molecule has 18 heavy (non-hydrogen) atoms.